The molecule has 10 heteroatoms. The van der Waals surface area contributed by atoms with Crippen LogP contribution in [0.1, 0.15) is 23.0 Å². The van der Waals surface area contributed by atoms with Gasteiger partial charge in [-0.1, -0.05) is 41.1 Å². The number of fused-ring (bicyclic) bond motifs is 2. The Bertz CT molecular complexity index is 1740. The first-order valence-corrected chi connectivity index (χ1v) is 12.1. The molecule has 1 atom stereocenters. The van der Waals surface area contributed by atoms with Gasteiger partial charge in [0.15, 0.2) is 10.9 Å². The molecule has 0 saturated carbocycles. The molecule has 36 heavy (non-hydrogen) atoms. The third-order valence-electron chi connectivity index (χ3n) is 6.10. The number of hydrogen-bond donors (Lipinski definition) is 1. The van der Waals surface area contributed by atoms with E-state index in [4.69, 9.17) is 11.6 Å². The molecule has 4 heterocycles. The van der Waals surface area contributed by atoms with Gasteiger partial charge < -0.3 is 5.11 Å². The standard InChI is InChI=1S/C26H16ClFN4O3S/c1-13-21(31-11-3-2-4-19(31)29-13)23(33)20-22(14-5-8-16(28)9-6-14)32(25(35)24(20)34)26-30-17-10-7-15(27)12-18(17)36-26/h2-12,22,33H,1H3/b23-20+. The maximum absolute atomic E-state index is 13.8. The van der Waals surface area contributed by atoms with Crippen LogP contribution in [0.5, 0.6) is 0 Å². The molecule has 7 nitrogen and oxygen atoms in total. The molecule has 1 N–H and O–H groups in total. The molecule has 178 valence electrons. The number of amides is 1. The first-order valence-electron chi connectivity index (χ1n) is 10.9. The normalized spacial score (nSPS) is 17.5. The van der Waals surface area contributed by atoms with E-state index < -0.39 is 23.5 Å². The number of imidazole rings is 1. The molecule has 1 aliphatic rings. The van der Waals surface area contributed by atoms with Gasteiger partial charge in [-0.3, -0.25) is 18.9 Å². The Morgan fingerprint density at radius 1 is 1.08 bits per heavy atom. The van der Waals surface area contributed by atoms with Crippen molar-refractivity contribution in [2.75, 3.05) is 4.90 Å². The zero-order chi connectivity index (χ0) is 25.1. The fourth-order valence-electron chi connectivity index (χ4n) is 4.51. The van der Waals surface area contributed by atoms with Gasteiger partial charge in [0.05, 0.1) is 27.5 Å². The number of nitrogens with zero attached hydrogens (tertiary/aromatic N) is 4. The molecule has 2 aromatic carbocycles. The van der Waals surface area contributed by atoms with E-state index in [1.54, 1.807) is 47.9 Å². The maximum Gasteiger partial charge on any atom is 0.301 e. The van der Waals surface area contributed by atoms with Gasteiger partial charge in [0.2, 0.25) is 0 Å². The highest BCUT2D eigenvalue weighted by atomic mass is 35.5. The second kappa shape index (κ2) is 8.25. The van der Waals surface area contributed by atoms with E-state index >= 15 is 0 Å². The van der Waals surface area contributed by atoms with Gasteiger partial charge in [0, 0.05) is 11.2 Å². The van der Waals surface area contributed by atoms with Crippen molar-refractivity contribution < 1.29 is 19.1 Å². The summed E-state index contributed by atoms with van der Waals surface area (Å²) in [6.45, 7) is 1.71. The van der Waals surface area contributed by atoms with E-state index in [0.29, 0.717) is 33.1 Å². The van der Waals surface area contributed by atoms with Crippen molar-refractivity contribution in [1.82, 2.24) is 14.4 Å². The number of aryl methyl sites for hydroxylation is 1. The highest BCUT2D eigenvalue weighted by Crippen LogP contribution is 2.44. The maximum atomic E-state index is 13.8. The summed E-state index contributed by atoms with van der Waals surface area (Å²) in [6.07, 6.45) is 1.71. The molecular weight excluding hydrogens is 503 g/mol. The molecule has 6 rings (SSSR count). The summed E-state index contributed by atoms with van der Waals surface area (Å²) in [6, 6.07) is 14.9. The molecular formula is C26H16ClFN4O3S. The number of benzene rings is 2. The number of halogens is 2. The van der Waals surface area contributed by atoms with Crippen LogP contribution in [0.15, 0.2) is 72.4 Å². The smallest absolute Gasteiger partial charge is 0.301 e. The van der Waals surface area contributed by atoms with Crippen molar-refractivity contribution in [3.8, 4) is 0 Å². The molecule has 0 radical (unpaired) electrons. The number of aliphatic hydroxyl groups excluding tert-OH is 1. The van der Waals surface area contributed by atoms with Gasteiger partial charge in [0.25, 0.3) is 5.78 Å². The largest absolute Gasteiger partial charge is 0.505 e. The average molecular weight is 519 g/mol. The fourth-order valence-corrected chi connectivity index (χ4v) is 5.77. The van der Waals surface area contributed by atoms with Crippen molar-refractivity contribution in [1.29, 1.82) is 0 Å². The molecule has 1 saturated heterocycles. The Labute approximate surface area is 212 Å². The number of ketones is 1. The Morgan fingerprint density at radius 2 is 1.86 bits per heavy atom. The van der Waals surface area contributed by atoms with Crippen LogP contribution >= 0.6 is 22.9 Å². The predicted molar refractivity (Wildman–Crippen MR) is 136 cm³/mol. The monoisotopic (exact) mass is 518 g/mol. The lowest BCUT2D eigenvalue weighted by atomic mass is 9.96. The Balaban J connectivity index is 1.61. The van der Waals surface area contributed by atoms with Crippen LogP contribution in [-0.4, -0.2) is 31.2 Å². The number of aromatic nitrogens is 3. The first-order chi connectivity index (χ1) is 17.3. The van der Waals surface area contributed by atoms with E-state index in [2.05, 4.69) is 9.97 Å². The summed E-state index contributed by atoms with van der Waals surface area (Å²) in [4.78, 5) is 37.1. The van der Waals surface area contributed by atoms with Gasteiger partial charge in [-0.2, -0.15) is 0 Å². The summed E-state index contributed by atoms with van der Waals surface area (Å²) < 4.78 is 16.2. The Hall–Kier alpha value is -4.08. The van der Waals surface area contributed by atoms with E-state index in [-0.39, 0.29) is 16.5 Å². The van der Waals surface area contributed by atoms with Crippen LogP contribution in [0.25, 0.3) is 21.6 Å². The quantitative estimate of drug-likeness (QED) is 0.189. The zero-order valence-corrected chi connectivity index (χ0v) is 20.2. The number of pyridine rings is 1. The number of carbonyl (C=O) groups is 2. The molecule has 1 unspecified atom stereocenters. The molecule has 1 amide bonds. The third-order valence-corrected chi connectivity index (χ3v) is 7.36. The van der Waals surface area contributed by atoms with Crippen LogP contribution in [-0.2, 0) is 9.59 Å². The van der Waals surface area contributed by atoms with Crippen LogP contribution in [0.4, 0.5) is 9.52 Å². The van der Waals surface area contributed by atoms with Gasteiger partial charge in [-0.15, -0.1) is 0 Å². The van der Waals surface area contributed by atoms with E-state index in [9.17, 15) is 19.1 Å². The van der Waals surface area contributed by atoms with Gasteiger partial charge >= 0.3 is 5.91 Å². The van der Waals surface area contributed by atoms with E-state index in [1.165, 1.54) is 40.5 Å². The van der Waals surface area contributed by atoms with Gasteiger partial charge in [0.1, 0.15) is 17.2 Å². The SMILES string of the molecule is Cc1nc2ccccn2c1/C(O)=C1\C(=O)C(=O)N(c2nc3ccc(Cl)cc3s2)C1c1ccc(F)cc1. The summed E-state index contributed by atoms with van der Waals surface area (Å²) in [7, 11) is 0. The number of thiazole rings is 1. The second-order valence-corrected chi connectivity index (χ2v) is 9.75. The Morgan fingerprint density at radius 3 is 2.64 bits per heavy atom. The van der Waals surface area contributed by atoms with Gasteiger partial charge in [-0.25, -0.2) is 14.4 Å². The lowest BCUT2D eigenvalue weighted by Gasteiger charge is -2.23. The molecule has 1 aliphatic heterocycles. The average Bonchev–Trinajstić information content (AvgIpc) is 3.50. The minimum Gasteiger partial charge on any atom is -0.505 e. The number of hydrogen-bond acceptors (Lipinski definition) is 6. The van der Waals surface area contributed by atoms with Crippen molar-refractivity contribution in [2.45, 2.75) is 13.0 Å². The number of anilines is 1. The number of Topliss-reactive ketones (excluding diaryl/α,β-unsaturated/α-hetero) is 1. The molecule has 0 spiro atoms. The number of rotatable bonds is 3. The van der Waals surface area contributed by atoms with Gasteiger partial charge in [-0.05, 0) is 55.0 Å². The van der Waals surface area contributed by atoms with Crippen LogP contribution in [0.3, 0.4) is 0 Å². The molecule has 0 bridgehead atoms. The van der Waals surface area contributed by atoms with E-state index in [0.717, 1.165) is 4.70 Å². The summed E-state index contributed by atoms with van der Waals surface area (Å²) in [5, 5.41) is 12.3. The lowest BCUT2D eigenvalue weighted by Crippen LogP contribution is -2.29. The minimum atomic E-state index is -1.03. The zero-order valence-electron chi connectivity index (χ0n) is 18.6. The topological polar surface area (TPSA) is 87.8 Å². The van der Waals surface area contributed by atoms with Crippen molar-refractivity contribution in [3.63, 3.8) is 0 Å². The highest BCUT2D eigenvalue weighted by Gasteiger charge is 2.48. The summed E-state index contributed by atoms with van der Waals surface area (Å²) >= 11 is 7.32. The second-order valence-electron chi connectivity index (χ2n) is 8.30. The third kappa shape index (κ3) is 3.39. The summed E-state index contributed by atoms with van der Waals surface area (Å²) in [5.74, 6) is -2.56. The molecule has 0 aliphatic carbocycles. The van der Waals surface area contributed by atoms with Crippen LogP contribution in [0.2, 0.25) is 5.02 Å². The van der Waals surface area contributed by atoms with E-state index in [1.807, 2.05) is 6.07 Å². The molecule has 1 fully saturated rings. The summed E-state index contributed by atoms with van der Waals surface area (Å²) in [5.41, 5.74) is 2.28. The van der Waals surface area contributed by atoms with Crippen LogP contribution < -0.4 is 4.90 Å². The molecule has 3 aromatic heterocycles. The minimum absolute atomic E-state index is 0.127. The van der Waals surface area contributed by atoms with Crippen molar-refractivity contribution >= 4 is 61.4 Å². The highest BCUT2D eigenvalue weighted by molar-refractivity contribution is 7.22. The predicted octanol–water partition coefficient (Wildman–Crippen LogP) is 5.67. The van der Waals surface area contributed by atoms with Crippen molar-refractivity contribution in [3.05, 3.63) is 100 Å². The molecule has 5 aromatic rings. The van der Waals surface area contributed by atoms with Crippen molar-refractivity contribution in [2.24, 2.45) is 0 Å². The first kappa shape index (κ1) is 22.4. The lowest BCUT2D eigenvalue weighted by molar-refractivity contribution is -0.132. The fraction of sp³-hybridized carbons (Fsp3) is 0.0769. The Kier molecular flexibility index (Phi) is 5.13. The number of aliphatic hydroxyl groups is 1. The number of carbonyl (C=O) groups excluding carboxylic acids is 2. The van der Waals surface area contributed by atoms with Crippen LogP contribution in [0, 0.1) is 12.7 Å².